The van der Waals surface area contributed by atoms with E-state index in [0.717, 1.165) is 25.6 Å². The van der Waals surface area contributed by atoms with Crippen molar-refractivity contribution < 1.29 is 4.79 Å². The predicted octanol–water partition coefficient (Wildman–Crippen LogP) is 3.07. The van der Waals surface area contributed by atoms with Gasteiger partial charge < -0.3 is 11.1 Å². The zero-order valence-corrected chi connectivity index (χ0v) is 12.2. The average Bonchev–Trinajstić information content (AvgIpc) is 2.72. The van der Waals surface area contributed by atoms with Crippen molar-refractivity contribution in [1.29, 1.82) is 0 Å². The highest BCUT2D eigenvalue weighted by atomic mass is 79.9. The van der Waals surface area contributed by atoms with Gasteiger partial charge in [-0.05, 0) is 45.8 Å². The van der Waals surface area contributed by atoms with Crippen molar-refractivity contribution in [3.8, 4) is 0 Å². The number of pyridine rings is 1. The first-order valence-electron chi connectivity index (χ1n) is 5.63. The van der Waals surface area contributed by atoms with E-state index in [1.54, 1.807) is 6.20 Å². The second kappa shape index (κ2) is 4.86. The van der Waals surface area contributed by atoms with Crippen LogP contribution in [-0.2, 0) is 11.2 Å². The second-order valence-corrected chi connectivity index (χ2v) is 6.17. The molecule has 0 saturated heterocycles. The molecule has 0 radical (unpaired) electrons. The van der Waals surface area contributed by atoms with Crippen molar-refractivity contribution >= 4 is 45.0 Å². The summed E-state index contributed by atoms with van der Waals surface area (Å²) in [7, 11) is 0. The quantitative estimate of drug-likeness (QED) is 0.827. The fourth-order valence-electron chi connectivity index (χ4n) is 1.90. The third-order valence-electron chi connectivity index (χ3n) is 2.78. The highest BCUT2D eigenvalue weighted by Crippen LogP contribution is 2.37. The van der Waals surface area contributed by atoms with Gasteiger partial charge >= 0.3 is 0 Å². The molecular formula is C13H10BrN3OS. The number of rotatable bonds is 2. The number of carbonyl (C=O) groups is 1. The number of fused-ring (bicyclic) bond motifs is 1. The first-order valence-corrected chi connectivity index (χ1v) is 7.24. The molecule has 4 nitrogen and oxygen atoms in total. The topological polar surface area (TPSA) is 68.0 Å². The van der Waals surface area contributed by atoms with Crippen LogP contribution in [0, 0.1) is 0 Å². The van der Waals surface area contributed by atoms with Crippen molar-refractivity contribution in [1.82, 2.24) is 4.98 Å². The summed E-state index contributed by atoms with van der Waals surface area (Å²) in [6.07, 6.45) is 2.15. The molecule has 0 spiro atoms. The molecule has 1 aliphatic rings. The first kappa shape index (κ1) is 12.5. The number of hydrogen-bond donors (Lipinski definition) is 2. The van der Waals surface area contributed by atoms with Crippen LogP contribution in [0.25, 0.3) is 0 Å². The lowest BCUT2D eigenvalue weighted by Crippen LogP contribution is -2.03. The zero-order valence-electron chi connectivity index (χ0n) is 9.81. The van der Waals surface area contributed by atoms with E-state index in [-0.39, 0.29) is 5.91 Å². The Morgan fingerprint density at radius 3 is 2.95 bits per heavy atom. The number of nitrogen functional groups attached to an aromatic ring is 1. The largest absolute Gasteiger partial charge is 0.398 e. The molecule has 0 bridgehead atoms. The summed E-state index contributed by atoms with van der Waals surface area (Å²) in [6, 6.07) is 7.61. The van der Waals surface area contributed by atoms with Gasteiger partial charge in [-0.3, -0.25) is 4.79 Å². The molecule has 1 aromatic carbocycles. The number of nitrogens with zero attached hydrogens (tertiary/aromatic N) is 1. The number of amides is 1. The SMILES string of the molecule is Nc1cc2c(cc1Sc1ccc(Br)cn1)NC(=O)C2. The van der Waals surface area contributed by atoms with E-state index in [2.05, 4.69) is 26.2 Å². The van der Waals surface area contributed by atoms with Gasteiger partial charge in [0.15, 0.2) is 0 Å². The summed E-state index contributed by atoms with van der Waals surface area (Å²) in [5, 5.41) is 3.68. The van der Waals surface area contributed by atoms with Gasteiger partial charge in [-0.25, -0.2) is 4.98 Å². The van der Waals surface area contributed by atoms with Crippen LogP contribution in [0.1, 0.15) is 5.56 Å². The number of halogens is 1. The van der Waals surface area contributed by atoms with E-state index in [1.807, 2.05) is 24.3 Å². The second-order valence-electron chi connectivity index (χ2n) is 4.19. The molecule has 6 heteroatoms. The van der Waals surface area contributed by atoms with Gasteiger partial charge in [0.1, 0.15) is 5.03 Å². The van der Waals surface area contributed by atoms with Crippen molar-refractivity contribution in [2.24, 2.45) is 0 Å². The van der Waals surface area contributed by atoms with Gasteiger partial charge in [-0.2, -0.15) is 0 Å². The molecule has 1 amide bonds. The number of nitrogens with one attached hydrogen (secondary N) is 1. The summed E-state index contributed by atoms with van der Waals surface area (Å²) in [4.78, 5) is 16.5. The van der Waals surface area contributed by atoms with Crippen molar-refractivity contribution in [2.75, 3.05) is 11.1 Å². The van der Waals surface area contributed by atoms with Crippen LogP contribution in [0.3, 0.4) is 0 Å². The summed E-state index contributed by atoms with van der Waals surface area (Å²) >= 11 is 4.83. The van der Waals surface area contributed by atoms with E-state index < -0.39 is 0 Å². The number of anilines is 2. The maximum atomic E-state index is 11.3. The lowest BCUT2D eigenvalue weighted by molar-refractivity contribution is -0.115. The average molecular weight is 336 g/mol. The number of hydrogen-bond acceptors (Lipinski definition) is 4. The van der Waals surface area contributed by atoms with Crippen LogP contribution >= 0.6 is 27.7 Å². The highest BCUT2D eigenvalue weighted by molar-refractivity contribution is 9.10. The molecule has 1 aromatic heterocycles. The Kier molecular flexibility index (Phi) is 3.20. The minimum atomic E-state index is 0.0123. The van der Waals surface area contributed by atoms with E-state index in [4.69, 9.17) is 5.73 Å². The van der Waals surface area contributed by atoms with Crippen molar-refractivity contribution in [3.63, 3.8) is 0 Å². The lowest BCUT2D eigenvalue weighted by Gasteiger charge is -2.08. The molecule has 3 rings (SSSR count). The molecule has 0 aliphatic carbocycles. The van der Waals surface area contributed by atoms with Gasteiger partial charge in [0.2, 0.25) is 5.91 Å². The summed E-state index contributed by atoms with van der Waals surface area (Å²) in [5.74, 6) is 0.0123. The van der Waals surface area contributed by atoms with E-state index in [9.17, 15) is 4.79 Å². The van der Waals surface area contributed by atoms with Crippen LogP contribution in [0.15, 0.2) is 44.9 Å². The maximum absolute atomic E-state index is 11.3. The molecular weight excluding hydrogens is 326 g/mol. The highest BCUT2D eigenvalue weighted by Gasteiger charge is 2.19. The molecule has 0 saturated carbocycles. The van der Waals surface area contributed by atoms with E-state index in [0.29, 0.717) is 12.1 Å². The van der Waals surface area contributed by atoms with Crippen LogP contribution < -0.4 is 11.1 Å². The molecule has 2 aromatic rings. The maximum Gasteiger partial charge on any atom is 0.228 e. The minimum Gasteiger partial charge on any atom is -0.398 e. The van der Waals surface area contributed by atoms with Crippen molar-refractivity contribution in [3.05, 3.63) is 40.5 Å². The Balaban J connectivity index is 1.91. The van der Waals surface area contributed by atoms with Gasteiger partial charge in [-0.15, -0.1) is 0 Å². The Morgan fingerprint density at radius 2 is 2.21 bits per heavy atom. The number of benzene rings is 1. The Bertz CT molecular complexity index is 658. The van der Waals surface area contributed by atoms with Gasteiger partial charge in [0.25, 0.3) is 0 Å². The monoisotopic (exact) mass is 335 g/mol. The third kappa shape index (κ3) is 2.59. The lowest BCUT2D eigenvalue weighted by atomic mass is 10.1. The summed E-state index contributed by atoms with van der Waals surface area (Å²) in [6.45, 7) is 0. The van der Waals surface area contributed by atoms with Crippen molar-refractivity contribution in [2.45, 2.75) is 16.3 Å². The summed E-state index contributed by atoms with van der Waals surface area (Å²) in [5.41, 5.74) is 8.49. The van der Waals surface area contributed by atoms with E-state index in [1.165, 1.54) is 11.8 Å². The first-order chi connectivity index (χ1) is 9.11. The standard InChI is InChI=1S/C13H10BrN3OS/c14-8-1-2-13(16-6-8)19-11-5-10-7(3-9(11)15)4-12(18)17-10/h1-3,5-6H,4,15H2,(H,17,18). The summed E-state index contributed by atoms with van der Waals surface area (Å²) < 4.78 is 0.936. The normalized spacial score (nSPS) is 13.2. The molecule has 0 atom stereocenters. The van der Waals surface area contributed by atoms with Gasteiger partial charge in [-0.1, -0.05) is 11.8 Å². The molecule has 2 heterocycles. The van der Waals surface area contributed by atoms with Crippen LogP contribution in [-0.4, -0.2) is 10.9 Å². The molecule has 0 fully saturated rings. The Labute approximate surface area is 122 Å². The molecule has 19 heavy (non-hydrogen) atoms. The number of aromatic nitrogens is 1. The third-order valence-corrected chi connectivity index (χ3v) is 4.27. The Morgan fingerprint density at radius 1 is 1.37 bits per heavy atom. The van der Waals surface area contributed by atoms with Crippen LogP contribution in [0.2, 0.25) is 0 Å². The van der Waals surface area contributed by atoms with Gasteiger partial charge in [0.05, 0.1) is 6.42 Å². The number of nitrogens with two attached hydrogens (primary N) is 1. The zero-order chi connectivity index (χ0) is 13.4. The van der Waals surface area contributed by atoms with E-state index >= 15 is 0 Å². The fourth-order valence-corrected chi connectivity index (χ4v) is 2.95. The smallest absolute Gasteiger partial charge is 0.228 e. The predicted molar refractivity (Wildman–Crippen MR) is 79.2 cm³/mol. The fraction of sp³-hybridized carbons (Fsp3) is 0.0769. The molecule has 0 unspecified atom stereocenters. The molecule has 96 valence electrons. The van der Waals surface area contributed by atoms with Gasteiger partial charge in [0, 0.05) is 26.9 Å². The number of carbonyl (C=O) groups excluding carboxylic acids is 1. The Hall–Kier alpha value is -1.53. The molecule has 1 aliphatic heterocycles. The van der Waals surface area contributed by atoms with Crippen LogP contribution in [0.4, 0.5) is 11.4 Å². The minimum absolute atomic E-state index is 0.0123. The van der Waals surface area contributed by atoms with Crippen LogP contribution in [0.5, 0.6) is 0 Å². The molecule has 3 N–H and O–H groups in total.